The number of hydrogen-bond donors (Lipinski definition) is 1. The molecule has 1 saturated carbocycles. The average Bonchev–Trinajstić information content (AvgIpc) is 3.00. The first-order valence-corrected chi connectivity index (χ1v) is 7.63. The van der Waals surface area contributed by atoms with Gasteiger partial charge in [-0.1, -0.05) is 26.0 Å². The molecule has 0 spiro atoms. The Hall–Kier alpha value is -0.620. The van der Waals surface area contributed by atoms with Gasteiger partial charge in [-0.15, -0.1) is 10.2 Å². The maximum atomic E-state index is 4.04. The third-order valence-corrected chi connectivity index (χ3v) is 4.28. The molecule has 1 aromatic rings. The van der Waals surface area contributed by atoms with Crippen LogP contribution in [0, 0.1) is 0 Å². The third-order valence-electron chi connectivity index (χ3n) is 2.92. The van der Waals surface area contributed by atoms with Crippen LogP contribution in [0.25, 0.3) is 0 Å². The largest absolute Gasteiger partial charge is 0.293 e. The molecule has 1 aliphatic carbocycles. The highest BCUT2D eigenvalue weighted by Gasteiger charge is 2.29. The van der Waals surface area contributed by atoms with Crippen LogP contribution in [0.5, 0.6) is 0 Å². The Morgan fingerprint density at radius 1 is 1.39 bits per heavy atom. The Morgan fingerprint density at radius 3 is 2.72 bits per heavy atom. The molecule has 0 aliphatic heterocycles. The highest BCUT2D eigenvalue weighted by molar-refractivity contribution is 8.00. The van der Waals surface area contributed by atoms with E-state index in [-0.39, 0.29) is 0 Å². The van der Waals surface area contributed by atoms with Crippen molar-refractivity contribution in [3.8, 4) is 0 Å². The molecule has 1 fully saturated rings. The molecule has 0 amide bonds. The minimum atomic E-state index is 0.373. The van der Waals surface area contributed by atoms with Gasteiger partial charge in [-0.25, -0.2) is 0 Å². The second-order valence-electron chi connectivity index (χ2n) is 5.84. The topological polar surface area (TPSA) is 57.7 Å². The second kappa shape index (κ2) is 6.02. The van der Waals surface area contributed by atoms with Gasteiger partial charge in [-0.3, -0.25) is 4.90 Å². The van der Waals surface area contributed by atoms with Crippen LogP contribution in [-0.2, 0) is 6.54 Å². The maximum Gasteiger partial charge on any atom is 0.188 e. The van der Waals surface area contributed by atoms with Gasteiger partial charge in [-0.2, -0.15) is 17.0 Å². The number of aromatic nitrogens is 4. The van der Waals surface area contributed by atoms with Crippen LogP contribution in [0.1, 0.15) is 45.9 Å². The van der Waals surface area contributed by atoms with Crippen LogP contribution in [0.2, 0.25) is 0 Å². The molecule has 1 N–H and O–H groups in total. The van der Waals surface area contributed by atoms with Crippen LogP contribution < -0.4 is 0 Å². The van der Waals surface area contributed by atoms with E-state index in [2.05, 4.69) is 46.3 Å². The van der Waals surface area contributed by atoms with E-state index in [1.165, 1.54) is 25.0 Å². The molecule has 0 bridgehead atoms. The Balaban J connectivity index is 1.70. The van der Waals surface area contributed by atoms with Gasteiger partial charge in [0.2, 0.25) is 0 Å². The summed E-state index contributed by atoms with van der Waals surface area (Å²) in [6.45, 7) is 8.80. The van der Waals surface area contributed by atoms with Crippen LogP contribution in [0.3, 0.4) is 0 Å². The van der Waals surface area contributed by atoms with Crippen LogP contribution in [0.15, 0.2) is 0 Å². The molecule has 0 atom stereocenters. The second-order valence-corrected chi connectivity index (χ2v) is 7.77. The summed E-state index contributed by atoms with van der Waals surface area (Å²) in [6.07, 6.45) is 3.88. The van der Waals surface area contributed by atoms with Gasteiger partial charge in [0.05, 0.1) is 6.54 Å². The minimum Gasteiger partial charge on any atom is -0.293 e. The quantitative estimate of drug-likeness (QED) is 0.768. The number of tetrazole rings is 1. The van der Waals surface area contributed by atoms with Gasteiger partial charge in [0, 0.05) is 10.8 Å². The van der Waals surface area contributed by atoms with E-state index in [1.54, 1.807) is 0 Å². The molecule has 102 valence electrons. The van der Waals surface area contributed by atoms with Crippen LogP contribution in [0.4, 0.5) is 0 Å². The van der Waals surface area contributed by atoms with Gasteiger partial charge in [0.25, 0.3) is 0 Å². The smallest absolute Gasteiger partial charge is 0.188 e. The highest BCUT2D eigenvalue weighted by Crippen LogP contribution is 2.29. The molecule has 6 heteroatoms. The van der Waals surface area contributed by atoms with E-state index in [4.69, 9.17) is 0 Å². The third kappa shape index (κ3) is 4.94. The summed E-state index contributed by atoms with van der Waals surface area (Å²) in [5.74, 6) is 2.03. The van der Waals surface area contributed by atoms with E-state index in [0.29, 0.717) is 4.75 Å². The number of H-pyrrole nitrogens is 1. The Kier molecular flexibility index (Phi) is 4.61. The lowest BCUT2D eigenvalue weighted by molar-refractivity contribution is 0.249. The van der Waals surface area contributed by atoms with Crippen molar-refractivity contribution in [2.24, 2.45) is 0 Å². The molecule has 1 aromatic heterocycles. The van der Waals surface area contributed by atoms with Crippen molar-refractivity contribution in [2.45, 2.75) is 57.4 Å². The van der Waals surface area contributed by atoms with Gasteiger partial charge < -0.3 is 0 Å². The molecule has 1 aliphatic rings. The number of nitrogens with one attached hydrogen (secondary N) is 1. The summed E-state index contributed by atoms with van der Waals surface area (Å²) in [7, 11) is 0. The number of rotatable bonds is 7. The summed E-state index contributed by atoms with van der Waals surface area (Å²) in [5, 5.41) is 14.2. The summed E-state index contributed by atoms with van der Waals surface area (Å²) >= 11 is 2.04. The maximum absolute atomic E-state index is 4.04. The van der Waals surface area contributed by atoms with Crippen molar-refractivity contribution in [3.05, 3.63) is 5.82 Å². The van der Waals surface area contributed by atoms with E-state index in [9.17, 15) is 0 Å². The monoisotopic (exact) mass is 269 g/mol. The predicted molar refractivity (Wildman–Crippen MR) is 74.4 cm³/mol. The van der Waals surface area contributed by atoms with E-state index in [1.807, 2.05) is 11.8 Å². The van der Waals surface area contributed by atoms with Crippen LogP contribution >= 0.6 is 11.8 Å². The standard InChI is InChI=1S/C12H23N5S/c1-12(2,3)18-8-4-7-17(10-5-6-10)9-11-13-15-16-14-11/h10H,4-9H2,1-3H3,(H,13,14,15,16). The van der Waals surface area contributed by atoms with Crippen molar-refractivity contribution in [2.75, 3.05) is 12.3 Å². The van der Waals surface area contributed by atoms with Crippen molar-refractivity contribution in [1.82, 2.24) is 25.5 Å². The van der Waals surface area contributed by atoms with Gasteiger partial charge in [0.15, 0.2) is 5.82 Å². The molecule has 0 aromatic carbocycles. The fourth-order valence-electron chi connectivity index (χ4n) is 1.91. The predicted octanol–water partition coefficient (Wildman–Crippen LogP) is 2.09. The molecule has 2 rings (SSSR count). The zero-order valence-corrected chi connectivity index (χ0v) is 12.3. The first-order valence-electron chi connectivity index (χ1n) is 6.65. The first kappa shape index (κ1) is 13.8. The summed E-state index contributed by atoms with van der Waals surface area (Å²) in [4.78, 5) is 2.49. The summed E-state index contributed by atoms with van der Waals surface area (Å²) in [6, 6.07) is 0.753. The molecule has 0 radical (unpaired) electrons. The zero-order valence-electron chi connectivity index (χ0n) is 11.5. The Labute approximate surface area is 113 Å². The van der Waals surface area contributed by atoms with E-state index >= 15 is 0 Å². The lowest BCUT2D eigenvalue weighted by Gasteiger charge is -2.22. The van der Waals surface area contributed by atoms with Gasteiger partial charge in [-0.05, 0) is 31.6 Å². The fraction of sp³-hybridized carbons (Fsp3) is 0.917. The molecule has 18 heavy (non-hydrogen) atoms. The van der Waals surface area contributed by atoms with E-state index < -0.39 is 0 Å². The number of aromatic amines is 1. The molecule has 1 heterocycles. The van der Waals surface area contributed by atoms with Gasteiger partial charge in [0.1, 0.15) is 0 Å². The lowest BCUT2D eigenvalue weighted by Crippen LogP contribution is -2.28. The molecular weight excluding hydrogens is 246 g/mol. The van der Waals surface area contributed by atoms with Crippen LogP contribution in [-0.4, -0.2) is 48.6 Å². The Morgan fingerprint density at radius 2 is 2.17 bits per heavy atom. The average molecular weight is 269 g/mol. The number of thioether (sulfide) groups is 1. The van der Waals surface area contributed by atoms with Crippen molar-refractivity contribution < 1.29 is 0 Å². The molecular formula is C12H23N5S. The molecule has 5 nitrogen and oxygen atoms in total. The summed E-state index contributed by atoms with van der Waals surface area (Å²) in [5.41, 5.74) is 0. The zero-order chi connectivity index (χ0) is 13.0. The first-order chi connectivity index (χ1) is 8.54. The number of hydrogen-bond acceptors (Lipinski definition) is 5. The molecule has 0 saturated heterocycles. The van der Waals surface area contributed by atoms with Crippen molar-refractivity contribution in [1.29, 1.82) is 0 Å². The highest BCUT2D eigenvalue weighted by atomic mass is 32.2. The van der Waals surface area contributed by atoms with E-state index in [0.717, 1.165) is 25.0 Å². The Bertz CT molecular complexity index is 342. The van der Waals surface area contributed by atoms with Crippen molar-refractivity contribution in [3.63, 3.8) is 0 Å². The SMILES string of the molecule is CC(C)(C)SCCCN(Cc1nn[nH]n1)C1CC1. The minimum absolute atomic E-state index is 0.373. The summed E-state index contributed by atoms with van der Waals surface area (Å²) < 4.78 is 0.373. The van der Waals surface area contributed by atoms with Crippen molar-refractivity contribution >= 4 is 11.8 Å². The van der Waals surface area contributed by atoms with Gasteiger partial charge >= 0.3 is 0 Å². The molecule has 0 unspecified atom stereocenters. The fourth-order valence-corrected chi connectivity index (χ4v) is 2.79. The lowest BCUT2D eigenvalue weighted by atomic mass is 10.3. The number of nitrogens with zero attached hydrogens (tertiary/aromatic N) is 4. The normalized spacial score (nSPS) is 16.4.